The van der Waals surface area contributed by atoms with E-state index in [1.807, 2.05) is 31.2 Å². The molecule has 0 heterocycles. The number of phenols is 1. The monoisotopic (exact) mass is 380 g/mol. The smallest absolute Gasteiger partial charge is 0.328 e. The number of aliphatic carboxylic acids is 1. The highest BCUT2D eigenvalue weighted by atomic mass is 19.1. The normalized spacial score (nSPS) is 14.8. The lowest BCUT2D eigenvalue weighted by Gasteiger charge is -2.21. The molecular weight excluding hydrogens is 355 g/mol. The van der Waals surface area contributed by atoms with Gasteiger partial charge in [0.25, 0.3) is 0 Å². The summed E-state index contributed by atoms with van der Waals surface area (Å²) in [5.41, 5.74) is 5.15. The van der Waals surface area contributed by atoms with E-state index < -0.39 is 11.8 Å². The molecule has 1 aliphatic carbocycles. The Balaban J connectivity index is 2.08. The Morgan fingerprint density at radius 2 is 1.68 bits per heavy atom. The van der Waals surface area contributed by atoms with Crippen LogP contribution in [0.4, 0.5) is 4.39 Å². The molecule has 3 rings (SSSR count). The number of carboxylic acid groups (broad SMARTS) is 1. The van der Waals surface area contributed by atoms with Gasteiger partial charge in [-0.25, -0.2) is 9.18 Å². The molecule has 1 fully saturated rings. The molecule has 0 saturated heterocycles. The van der Waals surface area contributed by atoms with E-state index in [1.54, 1.807) is 6.07 Å². The quantitative estimate of drug-likeness (QED) is 0.609. The Kier molecular flexibility index (Phi) is 6.30. The molecule has 0 amide bonds. The summed E-state index contributed by atoms with van der Waals surface area (Å²) in [6, 6.07) is 12.0. The Labute approximate surface area is 164 Å². The molecule has 0 aromatic heterocycles. The van der Waals surface area contributed by atoms with Crippen molar-refractivity contribution in [2.45, 2.75) is 45.4 Å². The average molecular weight is 380 g/mol. The molecule has 0 bridgehead atoms. The van der Waals surface area contributed by atoms with E-state index in [0.29, 0.717) is 12.0 Å². The van der Waals surface area contributed by atoms with Crippen molar-refractivity contribution in [2.24, 2.45) is 0 Å². The molecule has 0 unspecified atom stereocenters. The molecular formula is C24H25FO3. The molecule has 0 atom stereocenters. The zero-order valence-electron chi connectivity index (χ0n) is 16.0. The first kappa shape index (κ1) is 19.9. The molecule has 28 heavy (non-hydrogen) atoms. The van der Waals surface area contributed by atoms with Crippen LogP contribution in [0.3, 0.4) is 0 Å². The minimum atomic E-state index is -0.961. The van der Waals surface area contributed by atoms with Crippen molar-refractivity contribution in [3.05, 3.63) is 76.6 Å². The van der Waals surface area contributed by atoms with Crippen molar-refractivity contribution in [1.82, 2.24) is 0 Å². The first-order valence-electron chi connectivity index (χ1n) is 9.74. The van der Waals surface area contributed by atoms with E-state index in [1.165, 1.54) is 24.1 Å². The minimum Gasteiger partial charge on any atom is -0.508 e. The van der Waals surface area contributed by atoms with E-state index in [4.69, 9.17) is 5.11 Å². The van der Waals surface area contributed by atoms with Crippen molar-refractivity contribution in [3.8, 4) is 5.75 Å². The van der Waals surface area contributed by atoms with Crippen LogP contribution >= 0.6 is 0 Å². The number of allylic oxidation sites excluding steroid dienone is 2. The molecule has 1 saturated carbocycles. The molecule has 2 aromatic rings. The highest BCUT2D eigenvalue weighted by molar-refractivity contribution is 5.90. The van der Waals surface area contributed by atoms with Crippen molar-refractivity contribution < 1.29 is 19.4 Å². The van der Waals surface area contributed by atoms with E-state index in [-0.39, 0.29) is 5.75 Å². The van der Waals surface area contributed by atoms with Gasteiger partial charge in [0.2, 0.25) is 0 Å². The van der Waals surface area contributed by atoms with Crippen molar-refractivity contribution >= 4 is 17.1 Å². The predicted octanol–water partition coefficient (Wildman–Crippen LogP) is 6.18. The maximum Gasteiger partial charge on any atom is 0.328 e. The van der Waals surface area contributed by atoms with Gasteiger partial charge in [-0.3, -0.25) is 0 Å². The number of carbonyl (C=O) groups is 1. The SMILES string of the molecule is CC/C(=C\C(=O)O)c1ccc(C(=C2CCCCC2)c2ccc(O)cc2F)cc1. The van der Waals surface area contributed by atoms with E-state index in [0.717, 1.165) is 54.0 Å². The summed E-state index contributed by atoms with van der Waals surface area (Å²) in [6.45, 7) is 1.92. The lowest BCUT2D eigenvalue weighted by molar-refractivity contribution is -0.131. The second-order valence-corrected chi connectivity index (χ2v) is 7.14. The highest BCUT2D eigenvalue weighted by Crippen LogP contribution is 2.37. The third-order valence-electron chi connectivity index (χ3n) is 5.26. The number of aromatic hydroxyl groups is 1. The van der Waals surface area contributed by atoms with Crippen LogP contribution in [0.5, 0.6) is 5.75 Å². The maximum absolute atomic E-state index is 14.7. The largest absolute Gasteiger partial charge is 0.508 e. The Morgan fingerprint density at radius 3 is 2.25 bits per heavy atom. The van der Waals surface area contributed by atoms with Gasteiger partial charge in [-0.1, -0.05) is 43.2 Å². The van der Waals surface area contributed by atoms with Crippen molar-refractivity contribution in [1.29, 1.82) is 0 Å². The van der Waals surface area contributed by atoms with Crippen molar-refractivity contribution in [3.63, 3.8) is 0 Å². The number of rotatable bonds is 5. The molecule has 4 heteroatoms. The zero-order valence-corrected chi connectivity index (χ0v) is 16.0. The summed E-state index contributed by atoms with van der Waals surface area (Å²) >= 11 is 0. The van der Waals surface area contributed by atoms with Crippen LogP contribution in [0.25, 0.3) is 11.1 Å². The Morgan fingerprint density at radius 1 is 1.04 bits per heavy atom. The second kappa shape index (κ2) is 8.87. The average Bonchev–Trinajstić information content (AvgIpc) is 2.69. The summed E-state index contributed by atoms with van der Waals surface area (Å²) in [5.74, 6) is -1.48. The highest BCUT2D eigenvalue weighted by Gasteiger charge is 2.18. The van der Waals surface area contributed by atoms with Gasteiger partial charge in [0.05, 0.1) is 0 Å². The second-order valence-electron chi connectivity index (χ2n) is 7.14. The van der Waals surface area contributed by atoms with Gasteiger partial charge in [-0.2, -0.15) is 0 Å². The molecule has 0 aliphatic heterocycles. The number of hydrogen-bond donors (Lipinski definition) is 2. The van der Waals surface area contributed by atoms with Crippen molar-refractivity contribution in [2.75, 3.05) is 0 Å². The fourth-order valence-corrected chi connectivity index (χ4v) is 3.87. The van der Waals surface area contributed by atoms with Gasteiger partial charge in [0.1, 0.15) is 11.6 Å². The molecule has 0 radical (unpaired) electrons. The summed E-state index contributed by atoms with van der Waals surface area (Å²) < 4.78 is 14.7. The number of hydrogen-bond acceptors (Lipinski definition) is 2. The lowest BCUT2D eigenvalue weighted by Crippen LogP contribution is -2.02. The van der Waals surface area contributed by atoms with E-state index in [9.17, 15) is 14.3 Å². The molecule has 3 nitrogen and oxygen atoms in total. The van der Waals surface area contributed by atoms with Crippen LogP contribution in [-0.2, 0) is 4.79 Å². The van der Waals surface area contributed by atoms with Crippen LogP contribution in [0.1, 0.15) is 62.1 Å². The summed E-state index contributed by atoms with van der Waals surface area (Å²) in [6.07, 6.45) is 7.11. The van der Waals surface area contributed by atoms with Gasteiger partial charge in [0.15, 0.2) is 0 Å². The van der Waals surface area contributed by atoms with Crippen LogP contribution in [0.2, 0.25) is 0 Å². The topological polar surface area (TPSA) is 57.5 Å². The first-order valence-corrected chi connectivity index (χ1v) is 9.74. The standard InChI is InChI=1S/C24H25FO3/c1-2-16(14-23(27)28)17-8-10-19(11-9-17)24(18-6-4-3-5-7-18)21-13-12-20(26)15-22(21)25/h8-15,26H,2-7H2,1H3,(H,27,28)/b16-14+. The first-order chi connectivity index (χ1) is 13.5. The van der Waals surface area contributed by atoms with Crippen LogP contribution in [0.15, 0.2) is 54.1 Å². The summed E-state index contributed by atoms with van der Waals surface area (Å²) in [4.78, 5) is 11.0. The summed E-state index contributed by atoms with van der Waals surface area (Å²) in [7, 11) is 0. The van der Waals surface area contributed by atoms with E-state index in [2.05, 4.69) is 0 Å². The number of halogens is 1. The molecule has 1 aliphatic rings. The summed E-state index contributed by atoms with van der Waals surface area (Å²) in [5, 5.41) is 18.6. The van der Waals surface area contributed by atoms with Gasteiger partial charge < -0.3 is 10.2 Å². The predicted molar refractivity (Wildman–Crippen MR) is 110 cm³/mol. The molecule has 2 aromatic carbocycles. The third-order valence-corrected chi connectivity index (χ3v) is 5.26. The minimum absolute atomic E-state index is 0.0870. The van der Waals surface area contributed by atoms with Crippen LogP contribution in [-0.4, -0.2) is 16.2 Å². The van der Waals surface area contributed by atoms with Gasteiger partial charge >= 0.3 is 5.97 Å². The molecule has 2 N–H and O–H groups in total. The van der Waals surface area contributed by atoms with Crippen LogP contribution in [0, 0.1) is 5.82 Å². The van der Waals surface area contributed by atoms with Gasteiger partial charge in [0, 0.05) is 17.7 Å². The number of carboxylic acids is 1. The fourth-order valence-electron chi connectivity index (χ4n) is 3.87. The van der Waals surface area contributed by atoms with Gasteiger partial charge in [-0.15, -0.1) is 0 Å². The molecule has 0 spiro atoms. The Bertz CT molecular complexity index is 915. The van der Waals surface area contributed by atoms with Crippen LogP contribution < -0.4 is 0 Å². The lowest BCUT2D eigenvalue weighted by atomic mass is 9.84. The maximum atomic E-state index is 14.7. The number of phenolic OH excluding ortho intramolecular Hbond substituents is 1. The Hall–Kier alpha value is -2.88. The van der Waals surface area contributed by atoms with Gasteiger partial charge in [-0.05, 0) is 66.5 Å². The zero-order chi connectivity index (χ0) is 20.1. The number of benzene rings is 2. The molecule has 146 valence electrons. The van der Waals surface area contributed by atoms with E-state index >= 15 is 0 Å². The third kappa shape index (κ3) is 4.50. The fraction of sp³-hybridized carbons (Fsp3) is 0.292.